The van der Waals surface area contributed by atoms with Crippen molar-refractivity contribution in [1.29, 1.82) is 0 Å². The van der Waals surface area contributed by atoms with Gasteiger partial charge in [-0.15, -0.1) is 0 Å². The molecule has 0 radical (unpaired) electrons. The number of amides is 2. The number of nitrogens with one attached hydrogen (secondary N) is 1. The zero-order valence-corrected chi connectivity index (χ0v) is 19.9. The van der Waals surface area contributed by atoms with Crippen LogP contribution in [-0.4, -0.2) is 60.9 Å². The molecule has 1 aliphatic heterocycles. The minimum absolute atomic E-state index is 0.0131. The number of rotatable bonds is 7. The number of para-hydroxylation sites is 1. The lowest BCUT2D eigenvalue weighted by atomic mass is 10.0. The molecule has 172 valence electrons. The van der Waals surface area contributed by atoms with E-state index in [1.165, 1.54) is 0 Å². The molecule has 1 heterocycles. The SMILES string of the molecule is Cc1ccc(C(C)C)c(OCC(=O)N2CCN(CC(=O)Nc3c(C)cccc3C)CC2)c1. The Morgan fingerprint density at radius 3 is 2.28 bits per heavy atom. The number of anilines is 1. The van der Waals surface area contributed by atoms with Crippen molar-refractivity contribution in [1.82, 2.24) is 9.80 Å². The third-order valence-electron chi connectivity index (χ3n) is 5.98. The van der Waals surface area contributed by atoms with E-state index in [1.54, 1.807) is 0 Å². The summed E-state index contributed by atoms with van der Waals surface area (Å²) in [6.45, 7) is 13.2. The summed E-state index contributed by atoms with van der Waals surface area (Å²) >= 11 is 0. The van der Waals surface area contributed by atoms with E-state index in [9.17, 15) is 9.59 Å². The molecular formula is C26H35N3O3. The van der Waals surface area contributed by atoms with Crippen LogP contribution in [0.3, 0.4) is 0 Å². The third-order valence-corrected chi connectivity index (χ3v) is 5.98. The van der Waals surface area contributed by atoms with Crippen molar-refractivity contribution in [3.8, 4) is 5.75 Å². The van der Waals surface area contributed by atoms with Crippen LogP contribution >= 0.6 is 0 Å². The molecule has 0 spiro atoms. The number of hydrogen-bond donors (Lipinski definition) is 1. The van der Waals surface area contributed by atoms with Gasteiger partial charge in [0.1, 0.15) is 5.75 Å². The van der Waals surface area contributed by atoms with Gasteiger partial charge in [-0.1, -0.05) is 44.2 Å². The fraction of sp³-hybridized carbons (Fsp3) is 0.462. The van der Waals surface area contributed by atoms with Gasteiger partial charge in [0.25, 0.3) is 5.91 Å². The maximum absolute atomic E-state index is 12.7. The van der Waals surface area contributed by atoms with Gasteiger partial charge in [-0.3, -0.25) is 14.5 Å². The molecule has 1 fully saturated rings. The molecule has 1 N–H and O–H groups in total. The zero-order chi connectivity index (χ0) is 23.3. The van der Waals surface area contributed by atoms with Gasteiger partial charge in [0.2, 0.25) is 5.91 Å². The quantitative estimate of drug-likeness (QED) is 0.714. The Kier molecular flexibility index (Phi) is 7.91. The molecule has 3 rings (SSSR count). The standard InChI is InChI=1S/C26H35N3O3/c1-18(2)22-10-9-19(3)15-23(22)32-17-25(31)29-13-11-28(12-14-29)16-24(30)27-26-20(4)7-6-8-21(26)5/h6-10,15,18H,11-14,16-17H2,1-5H3,(H,27,30). The number of carbonyl (C=O) groups is 2. The molecule has 0 bridgehead atoms. The first-order chi connectivity index (χ1) is 15.2. The minimum atomic E-state index is -0.0221. The summed E-state index contributed by atoms with van der Waals surface area (Å²) in [6, 6.07) is 12.1. The van der Waals surface area contributed by atoms with Crippen molar-refractivity contribution in [2.24, 2.45) is 0 Å². The average Bonchev–Trinajstić information content (AvgIpc) is 2.75. The second-order valence-corrected chi connectivity index (χ2v) is 8.96. The summed E-state index contributed by atoms with van der Waals surface area (Å²) in [6.07, 6.45) is 0. The summed E-state index contributed by atoms with van der Waals surface area (Å²) in [5.74, 6) is 1.08. The molecule has 1 saturated heterocycles. The maximum Gasteiger partial charge on any atom is 0.260 e. The fourth-order valence-electron chi connectivity index (χ4n) is 4.02. The number of aryl methyl sites for hydroxylation is 3. The molecular weight excluding hydrogens is 402 g/mol. The lowest BCUT2D eigenvalue weighted by molar-refractivity contribution is -0.135. The van der Waals surface area contributed by atoms with E-state index in [-0.39, 0.29) is 18.4 Å². The lowest BCUT2D eigenvalue weighted by Gasteiger charge is -2.34. The highest BCUT2D eigenvalue weighted by Crippen LogP contribution is 2.27. The van der Waals surface area contributed by atoms with Crippen LogP contribution in [0.2, 0.25) is 0 Å². The minimum Gasteiger partial charge on any atom is -0.483 e. The Bertz CT molecular complexity index is 943. The van der Waals surface area contributed by atoms with E-state index in [0.717, 1.165) is 33.7 Å². The van der Waals surface area contributed by atoms with Gasteiger partial charge in [0, 0.05) is 31.9 Å². The topological polar surface area (TPSA) is 61.9 Å². The Morgan fingerprint density at radius 1 is 1.00 bits per heavy atom. The van der Waals surface area contributed by atoms with Crippen LogP contribution in [0.15, 0.2) is 36.4 Å². The van der Waals surface area contributed by atoms with Crippen LogP contribution in [0.25, 0.3) is 0 Å². The van der Waals surface area contributed by atoms with Crippen LogP contribution in [0.5, 0.6) is 5.75 Å². The molecule has 0 saturated carbocycles. The van der Waals surface area contributed by atoms with Gasteiger partial charge in [0.05, 0.1) is 6.54 Å². The van der Waals surface area contributed by atoms with Crippen LogP contribution in [0.1, 0.15) is 42.0 Å². The van der Waals surface area contributed by atoms with Crippen molar-refractivity contribution in [2.45, 2.75) is 40.5 Å². The zero-order valence-electron chi connectivity index (χ0n) is 19.9. The first-order valence-corrected chi connectivity index (χ1v) is 11.3. The Labute approximate surface area is 191 Å². The number of benzene rings is 2. The maximum atomic E-state index is 12.7. The van der Waals surface area contributed by atoms with Gasteiger partial charge in [-0.25, -0.2) is 0 Å². The normalized spacial score (nSPS) is 14.5. The smallest absolute Gasteiger partial charge is 0.260 e. The molecule has 2 aromatic rings. The molecule has 32 heavy (non-hydrogen) atoms. The van der Waals surface area contributed by atoms with E-state index in [4.69, 9.17) is 4.74 Å². The lowest BCUT2D eigenvalue weighted by Crippen LogP contribution is -2.51. The van der Waals surface area contributed by atoms with Crippen LogP contribution in [0.4, 0.5) is 5.69 Å². The summed E-state index contributed by atoms with van der Waals surface area (Å²) in [5, 5.41) is 3.04. The van der Waals surface area contributed by atoms with Crippen LogP contribution in [0, 0.1) is 20.8 Å². The molecule has 0 aromatic heterocycles. The highest BCUT2D eigenvalue weighted by Gasteiger charge is 2.23. The van der Waals surface area contributed by atoms with Crippen molar-refractivity contribution in [3.05, 3.63) is 58.7 Å². The number of ether oxygens (including phenoxy) is 1. The second-order valence-electron chi connectivity index (χ2n) is 8.96. The number of hydrogen-bond acceptors (Lipinski definition) is 4. The second kappa shape index (κ2) is 10.6. The Balaban J connectivity index is 1.47. The predicted octanol–water partition coefficient (Wildman–Crippen LogP) is 3.90. The van der Waals surface area contributed by atoms with E-state index < -0.39 is 0 Å². The van der Waals surface area contributed by atoms with E-state index in [1.807, 2.05) is 49.9 Å². The van der Waals surface area contributed by atoms with Gasteiger partial charge >= 0.3 is 0 Å². The van der Waals surface area contributed by atoms with Crippen LogP contribution in [-0.2, 0) is 9.59 Å². The summed E-state index contributed by atoms with van der Waals surface area (Å²) < 4.78 is 5.91. The first-order valence-electron chi connectivity index (χ1n) is 11.3. The highest BCUT2D eigenvalue weighted by molar-refractivity contribution is 5.93. The van der Waals surface area contributed by atoms with Gasteiger partial charge in [-0.05, 0) is 55.0 Å². The molecule has 2 aromatic carbocycles. The highest BCUT2D eigenvalue weighted by atomic mass is 16.5. The first kappa shape index (κ1) is 23.8. The summed E-state index contributed by atoms with van der Waals surface area (Å²) in [4.78, 5) is 29.1. The summed E-state index contributed by atoms with van der Waals surface area (Å²) in [5.41, 5.74) is 5.24. The number of carbonyl (C=O) groups excluding carboxylic acids is 2. The monoisotopic (exact) mass is 437 g/mol. The number of piperazine rings is 1. The van der Waals surface area contributed by atoms with Crippen LogP contribution < -0.4 is 10.1 Å². The van der Waals surface area contributed by atoms with Gasteiger partial charge in [-0.2, -0.15) is 0 Å². The molecule has 1 aliphatic rings. The fourth-order valence-corrected chi connectivity index (χ4v) is 4.02. The van der Waals surface area contributed by atoms with Crippen molar-refractivity contribution >= 4 is 17.5 Å². The van der Waals surface area contributed by atoms with Crippen molar-refractivity contribution in [3.63, 3.8) is 0 Å². The van der Waals surface area contributed by atoms with Gasteiger partial charge < -0.3 is 15.0 Å². The molecule has 0 aliphatic carbocycles. The molecule has 0 atom stereocenters. The van der Waals surface area contributed by atoms with Gasteiger partial charge in [0.15, 0.2) is 6.61 Å². The average molecular weight is 438 g/mol. The van der Waals surface area contributed by atoms with Crippen molar-refractivity contribution < 1.29 is 14.3 Å². The van der Waals surface area contributed by atoms with E-state index >= 15 is 0 Å². The number of nitrogens with zero attached hydrogens (tertiary/aromatic N) is 2. The molecule has 6 heteroatoms. The van der Waals surface area contributed by atoms with E-state index in [0.29, 0.717) is 38.6 Å². The third kappa shape index (κ3) is 6.10. The van der Waals surface area contributed by atoms with Crippen molar-refractivity contribution in [2.75, 3.05) is 44.6 Å². The molecule has 6 nitrogen and oxygen atoms in total. The molecule has 0 unspecified atom stereocenters. The predicted molar refractivity (Wildman–Crippen MR) is 128 cm³/mol. The Hall–Kier alpha value is -2.86. The summed E-state index contributed by atoms with van der Waals surface area (Å²) in [7, 11) is 0. The molecule has 2 amide bonds. The van der Waals surface area contributed by atoms with E-state index in [2.05, 4.69) is 36.2 Å². The Morgan fingerprint density at radius 2 is 1.66 bits per heavy atom. The largest absolute Gasteiger partial charge is 0.483 e.